The van der Waals surface area contributed by atoms with Crippen LogP contribution in [0.15, 0.2) is 23.1 Å². The van der Waals surface area contributed by atoms with E-state index in [0.717, 1.165) is 17.8 Å². The first-order valence-electron chi connectivity index (χ1n) is 4.60. The van der Waals surface area contributed by atoms with Gasteiger partial charge in [-0.15, -0.1) is 11.8 Å². The first-order chi connectivity index (χ1) is 7.54. The van der Waals surface area contributed by atoms with Crippen LogP contribution in [-0.2, 0) is 4.79 Å². The molecule has 3 nitrogen and oxygen atoms in total. The van der Waals surface area contributed by atoms with Gasteiger partial charge in [0.05, 0.1) is 17.6 Å². The number of nitrogens with zero attached hydrogens (tertiary/aromatic N) is 1. The Morgan fingerprint density at radius 1 is 1.69 bits per heavy atom. The molecule has 1 rings (SSSR count). The second kappa shape index (κ2) is 5.52. The van der Waals surface area contributed by atoms with E-state index in [9.17, 15) is 9.18 Å². The van der Waals surface area contributed by atoms with Crippen LogP contribution in [0.5, 0.6) is 0 Å². The molecule has 84 valence electrons. The molecule has 0 aliphatic heterocycles. The molecule has 5 heteroatoms. The first kappa shape index (κ1) is 12.5. The molecule has 1 aromatic carbocycles. The minimum atomic E-state index is -0.901. The summed E-state index contributed by atoms with van der Waals surface area (Å²) in [5, 5.41) is 17.2. The molecule has 16 heavy (non-hydrogen) atoms. The third kappa shape index (κ3) is 3.24. The molecule has 0 aliphatic rings. The van der Waals surface area contributed by atoms with E-state index in [0.29, 0.717) is 10.6 Å². The molecule has 1 N–H and O–H groups in total. The van der Waals surface area contributed by atoms with Crippen molar-refractivity contribution in [2.24, 2.45) is 5.92 Å². The van der Waals surface area contributed by atoms with Crippen molar-refractivity contribution in [2.45, 2.75) is 11.8 Å². The van der Waals surface area contributed by atoms with Crippen molar-refractivity contribution in [1.29, 1.82) is 5.26 Å². The van der Waals surface area contributed by atoms with Crippen LogP contribution in [0.3, 0.4) is 0 Å². The first-order valence-corrected chi connectivity index (χ1v) is 5.58. The summed E-state index contributed by atoms with van der Waals surface area (Å²) in [5.41, 5.74) is 0.258. The highest BCUT2D eigenvalue weighted by Crippen LogP contribution is 2.24. The van der Waals surface area contributed by atoms with E-state index >= 15 is 0 Å². The van der Waals surface area contributed by atoms with Crippen molar-refractivity contribution in [1.82, 2.24) is 0 Å². The van der Waals surface area contributed by atoms with Crippen molar-refractivity contribution >= 4 is 17.7 Å². The summed E-state index contributed by atoms with van der Waals surface area (Å²) < 4.78 is 13.4. The highest BCUT2D eigenvalue weighted by Gasteiger charge is 2.12. The second-order valence-corrected chi connectivity index (χ2v) is 4.37. The van der Waals surface area contributed by atoms with E-state index in [1.807, 2.05) is 6.07 Å². The normalized spacial score (nSPS) is 11.8. The smallest absolute Gasteiger partial charge is 0.307 e. The van der Waals surface area contributed by atoms with Crippen molar-refractivity contribution < 1.29 is 14.3 Å². The Bertz CT molecular complexity index is 442. The number of carbonyl (C=O) groups is 1. The maximum absolute atomic E-state index is 13.4. The molecule has 0 fully saturated rings. The summed E-state index contributed by atoms with van der Waals surface area (Å²) in [4.78, 5) is 10.9. The molecule has 1 unspecified atom stereocenters. The van der Waals surface area contributed by atoms with E-state index in [1.165, 1.54) is 12.1 Å². The third-order valence-electron chi connectivity index (χ3n) is 1.97. The Labute approximate surface area is 96.9 Å². The molecule has 0 saturated carbocycles. The van der Waals surface area contributed by atoms with Gasteiger partial charge in [-0.3, -0.25) is 4.79 Å². The van der Waals surface area contributed by atoms with Crippen molar-refractivity contribution in [2.75, 3.05) is 5.75 Å². The Hall–Kier alpha value is -1.54. The lowest BCUT2D eigenvalue weighted by molar-refractivity contribution is -0.140. The average molecular weight is 239 g/mol. The maximum Gasteiger partial charge on any atom is 0.307 e. The van der Waals surface area contributed by atoms with Gasteiger partial charge in [0.15, 0.2) is 0 Å². The zero-order valence-electron chi connectivity index (χ0n) is 8.61. The predicted octanol–water partition coefficient (Wildman–Crippen LogP) is 2.51. The average Bonchev–Trinajstić information content (AvgIpc) is 2.26. The number of carboxylic acid groups (broad SMARTS) is 1. The standard InChI is InChI=1S/C11H10FNO2S/c1-7(11(14)15)6-16-10-3-2-8(5-13)4-9(10)12/h2-4,7H,6H2,1H3,(H,14,15). The molecule has 0 aliphatic carbocycles. The van der Waals surface area contributed by atoms with Crippen molar-refractivity contribution in [3.05, 3.63) is 29.6 Å². The van der Waals surface area contributed by atoms with Gasteiger partial charge in [0.1, 0.15) is 5.82 Å². The molecule has 1 atom stereocenters. The number of nitriles is 1. The van der Waals surface area contributed by atoms with Gasteiger partial charge < -0.3 is 5.11 Å². The maximum atomic E-state index is 13.4. The van der Waals surface area contributed by atoms with E-state index in [1.54, 1.807) is 6.92 Å². The van der Waals surface area contributed by atoms with Crippen LogP contribution in [0.4, 0.5) is 4.39 Å². The summed E-state index contributed by atoms with van der Waals surface area (Å²) in [5.74, 6) is -1.61. The lowest BCUT2D eigenvalue weighted by Gasteiger charge is -2.06. The quantitative estimate of drug-likeness (QED) is 0.820. The summed E-state index contributed by atoms with van der Waals surface area (Å²) >= 11 is 1.14. The molecule has 0 bridgehead atoms. The van der Waals surface area contributed by atoms with E-state index in [-0.39, 0.29) is 5.56 Å². The molecule has 0 heterocycles. The van der Waals surface area contributed by atoms with Gasteiger partial charge in [-0.1, -0.05) is 6.92 Å². The molecule has 0 amide bonds. The van der Waals surface area contributed by atoms with Gasteiger partial charge in [-0.2, -0.15) is 5.26 Å². The van der Waals surface area contributed by atoms with Gasteiger partial charge in [0.2, 0.25) is 0 Å². The van der Waals surface area contributed by atoms with Gasteiger partial charge in [-0.05, 0) is 18.2 Å². The number of thioether (sulfide) groups is 1. The van der Waals surface area contributed by atoms with Gasteiger partial charge in [0, 0.05) is 10.6 Å². The van der Waals surface area contributed by atoms with Gasteiger partial charge in [0.25, 0.3) is 0 Å². The number of hydrogen-bond donors (Lipinski definition) is 1. The number of rotatable bonds is 4. The molecule has 0 spiro atoms. The number of halogens is 1. The topological polar surface area (TPSA) is 61.1 Å². The molecule has 0 radical (unpaired) electrons. The molecule has 1 aromatic rings. The van der Waals surface area contributed by atoms with E-state index in [4.69, 9.17) is 10.4 Å². The number of hydrogen-bond acceptors (Lipinski definition) is 3. The van der Waals surface area contributed by atoms with Crippen molar-refractivity contribution in [3.63, 3.8) is 0 Å². The lowest BCUT2D eigenvalue weighted by Crippen LogP contribution is -2.11. The number of aliphatic carboxylic acids is 1. The van der Waals surface area contributed by atoms with Gasteiger partial charge >= 0.3 is 5.97 Å². The zero-order chi connectivity index (χ0) is 12.1. The minimum Gasteiger partial charge on any atom is -0.481 e. The fraction of sp³-hybridized carbons (Fsp3) is 0.273. The minimum absolute atomic E-state index is 0.258. The third-order valence-corrected chi connectivity index (χ3v) is 3.28. The van der Waals surface area contributed by atoms with Gasteiger partial charge in [-0.25, -0.2) is 4.39 Å². The van der Waals surface area contributed by atoms with Crippen LogP contribution in [-0.4, -0.2) is 16.8 Å². The Balaban J connectivity index is 2.69. The summed E-state index contributed by atoms with van der Waals surface area (Å²) in [6.45, 7) is 1.57. The van der Waals surface area contributed by atoms with Crippen LogP contribution in [0.1, 0.15) is 12.5 Å². The SMILES string of the molecule is CC(CSc1ccc(C#N)cc1F)C(=O)O. The summed E-state index contributed by atoms with van der Waals surface area (Å²) in [6.07, 6.45) is 0. The predicted molar refractivity (Wildman–Crippen MR) is 58.6 cm³/mol. The largest absolute Gasteiger partial charge is 0.481 e. The Morgan fingerprint density at radius 3 is 2.88 bits per heavy atom. The van der Waals surface area contributed by atoms with Crippen LogP contribution in [0, 0.1) is 23.1 Å². The second-order valence-electron chi connectivity index (χ2n) is 3.31. The Morgan fingerprint density at radius 2 is 2.38 bits per heavy atom. The molecule has 0 aromatic heterocycles. The number of benzene rings is 1. The Kier molecular flexibility index (Phi) is 4.32. The molecule has 0 saturated heterocycles. The number of carboxylic acids is 1. The fourth-order valence-corrected chi connectivity index (χ4v) is 1.91. The van der Waals surface area contributed by atoms with E-state index in [2.05, 4.69) is 0 Å². The monoisotopic (exact) mass is 239 g/mol. The van der Waals surface area contributed by atoms with Crippen LogP contribution in [0.2, 0.25) is 0 Å². The zero-order valence-corrected chi connectivity index (χ0v) is 9.42. The fourth-order valence-electron chi connectivity index (χ4n) is 0.974. The van der Waals surface area contributed by atoms with E-state index < -0.39 is 17.7 Å². The lowest BCUT2D eigenvalue weighted by atomic mass is 10.2. The van der Waals surface area contributed by atoms with Crippen LogP contribution < -0.4 is 0 Å². The van der Waals surface area contributed by atoms with Crippen molar-refractivity contribution in [3.8, 4) is 6.07 Å². The van der Waals surface area contributed by atoms with Crippen LogP contribution >= 0.6 is 11.8 Å². The molecular weight excluding hydrogens is 229 g/mol. The summed E-state index contributed by atoms with van der Waals surface area (Å²) in [6, 6.07) is 5.99. The highest BCUT2D eigenvalue weighted by molar-refractivity contribution is 7.99. The molecular formula is C11H10FNO2S. The van der Waals surface area contributed by atoms with Crippen LogP contribution in [0.25, 0.3) is 0 Å². The highest BCUT2D eigenvalue weighted by atomic mass is 32.2. The summed E-state index contributed by atoms with van der Waals surface area (Å²) in [7, 11) is 0.